The van der Waals surface area contributed by atoms with E-state index in [1.165, 1.54) is 19.1 Å². The van der Waals surface area contributed by atoms with Crippen molar-refractivity contribution in [2.75, 3.05) is 0 Å². The lowest BCUT2D eigenvalue weighted by molar-refractivity contribution is -0.114. The lowest BCUT2D eigenvalue weighted by Crippen LogP contribution is -2.26. The van der Waals surface area contributed by atoms with Crippen LogP contribution in [0.25, 0.3) is 0 Å². The summed E-state index contributed by atoms with van der Waals surface area (Å²) in [4.78, 5) is 33.9. The molecule has 1 rings (SSSR count). The van der Waals surface area contributed by atoms with Gasteiger partial charge >= 0.3 is 0 Å². The summed E-state index contributed by atoms with van der Waals surface area (Å²) in [6, 6.07) is 5.95. The molecule has 1 atom stereocenters. The quantitative estimate of drug-likeness (QED) is 0.487. The topological polar surface area (TPSA) is 77.2 Å². The number of carbonyl (C=O) groups is 3. The molecule has 0 aliphatic heterocycles. The van der Waals surface area contributed by atoms with Crippen LogP contribution in [-0.4, -0.2) is 22.9 Å². The summed E-state index contributed by atoms with van der Waals surface area (Å²) >= 11 is 5.64. The molecule has 0 aliphatic carbocycles. The van der Waals surface area contributed by atoms with Crippen molar-refractivity contribution in [2.45, 2.75) is 12.3 Å². The van der Waals surface area contributed by atoms with Crippen molar-refractivity contribution in [3.8, 4) is 0 Å². The first-order valence-corrected chi connectivity index (χ1v) is 5.00. The Morgan fingerprint density at radius 1 is 1.19 bits per heavy atom. The number of hydrogen-bond acceptors (Lipinski definition) is 3. The molecule has 0 saturated carbocycles. The molecular weight excluding hydrogens is 230 g/mol. The van der Waals surface area contributed by atoms with Gasteiger partial charge in [-0.2, -0.15) is 0 Å². The van der Waals surface area contributed by atoms with E-state index in [1.54, 1.807) is 12.1 Å². The monoisotopic (exact) mass is 239 g/mol. The van der Waals surface area contributed by atoms with Gasteiger partial charge in [0.2, 0.25) is 0 Å². The lowest BCUT2D eigenvalue weighted by Gasteiger charge is -2.07. The summed E-state index contributed by atoms with van der Waals surface area (Å²) < 4.78 is 0. The summed E-state index contributed by atoms with van der Waals surface area (Å²) in [5, 5.41) is -0.762. The Labute approximate surface area is 97.4 Å². The lowest BCUT2D eigenvalue weighted by atomic mass is 9.98. The van der Waals surface area contributed by atoms with Gasteiger partial charge in [-0.25, -0.2) is 0 Å². The highest BCUT2D eigenvalue weighted by atomic mass is 35.5. The van der Waals surface area contributed by atoms with E-state index in [0.717, 1.165) is 0 Å². The zero-order valence-electron chi connectivity index (χ0n) is 8.57. The first-order chi connectivity index (χ1) is 7.45. The highest BCUT2D eigenvalue weighted by Gasteiger charge is 2.22. The van der Waals surface area contributed by atoms with E-state index in [1.807, 2.05) is 0 Å². The number of Topliss-reactive ketones (excluding diaryl/α,β-unsaturated/α-hetero) is 2. The number of amides is 1. The second-order valence-electron chi connectivity index (χ2n) is 3.22. The van der Waals surface area contributed by atoms with E-state index in [2.05, 4.69) is 0 Å². The van der Waals surface area contributed by atoms with Crippen LogP contribution in [-0.2, 0) is 4.79 Å². The third-order valence-corrected chi connectivity index (χ3v) is 2.22. The van der Waals surface area contributed by atoms with E-state index < -0.39 is 22.9 Å². The summed E-state index contributed by atoms with van der Waals surface area (Å²) in [7, 11) is 0. The normalized spacial score (nSPS) is 11.9. The first kappa shape index (κ1) is 12.4. The second-order valence-corrected chi connectivity index (χ2v) is 3.87. The third-order valence-electron chi connectivity index (χ3n) is 2.02. The van der Waals surface area contributed by atoms with Crippen LogP contribution in [0.1, 0.15) is 27.6 Å². The van der Waals surface area contributed by atoms with Crippen molar-refractivity contribution in [1.29, 1.82) is 0 Å². The Morgan fingerprint density at radius 3 is 2.12 bits per heavy atom. The summed E-state index contributed by atoms with van der Waals surface area (Å²) in [5.41, 5.74) is 4.99. The van der Waals surface area contributed by atoms with Crippen LogP contribution in [0.5, 0.6) is 0 Å². The fourth-order valence-corrected chi connectivity index (χ4v) is 1.36. The highest BCUT2D eigenvalue weighted by molar-refractivity contribution is 6.44. The van der Waals surface area contributed by atoms with Crippen LogP contribution in [0.4, 0.5) is 0 Å². The number of hydrogen-bond donors (Lipinski definition) is 1. The molecule has 84 valence electrons. The van der Waals surface area contributed by atoms with Gasteiger partial charge in [-0.15, -0.1) is 11.6 Å². The van der Waals surface area contributed by atoms with Gasteiger partial charge in [0, 0.05) is 11.1 Å². The van der Waals surface area contributed by atoms with Crippen LogP contribution in [0.15, 0.2) is 24.3 Å². The van der Waals surface area contributed by atoms with Crippen LogP contribution < -0.4 is 5.73 Å². The number of halogens is 1. The predicted octanol–water partition coefficient (Wildman–Crippen LogP) is 1.16. The molecule has 1 amide bonds. The van der Waals surface area contributed by atoms with Gasteiger partial charge in [-0.1, -0.05) is 24.3 Å². The summed E-state index contributed by atoms with van der Waals surface area (Å²) in [6.45, 7) is 1.50. The fourth-order valence-electron chi connectivity index (χ4n) is 1.24. The van der Waals surface area contributed by atoms with Crippen molar-refractivity contribution in [3.63, 3.8) is 0 Å². The minimum Gasteiger partial charge on any atom is -0.363 e. The minimum absolute atomic E-state index is 0.00694. The Kier molecular flexibility index (Phi) is 3.79. The maximum atomic E-state index is 11.7. The molecule has 1 aromatic carbocycles. The van der Waals surface area contributed by atoms with Crippen molar-refractivity contribution in [2.24, 2.45) is 5.73 Å². The minimum atomic E-state index is -1.09. The number of benzene rings is 1. The molecule has 4 nitrogen and oxygen atoms in total. The van der Waals surface area contributed by atoms with Crippen LogP contribution in [0.2, 0.25) is 0 Å². The molecule has 0 aromatic heterocycles. The maximum Gasteiger partial charge on any atom is 0.289 e. The van der Waals surface area contributed by atoms with Crippen LogP contribution in [0, 0.1) is 0 Å². The van der Waals surface area contributed by atoms with Gasteiger partial charge in [-0.05, 0) is 6.92 Å². The Bertz CT molecular complexity index is 454. The number of alkyl halides is 1. The number of primary amides is 1. The van der Waals surface area contributed by atoms with E-state index in [9.17, 15) is 14.4 Å². The molecule has 16 heavy (non-hydrogen) atoms. The molecule has 0 aliphatic rings. The molecule has 2 N–H and O–H groups in total. The first-order valence-electron chi connectivity index (χ1n) is 4.56. The molecule has 0 saturated heterocycles. The number of rotatable bonds is 4. The van der Waals surface area contributed by atoms with Crippen molar-refractivity contribution >= 4 is 29.1 Å². The number of ketones is 2. The van der Waals surface area contributed by atoms with Gasteiger partial charge in [0.25, 0.3) is 11.7 Å². The Balaban J connectivity index is 3.25. The molecule has 1 aromatic rings. The average molecular weight is 240 g/mol. The van der Waals surface area contributed by atoms with Crippen LogP contribution >= 0.6 is 11.6 Å². The number of nitrogens with two attached hydrogens (primary N) is 1. The van der Waals surface area contributed by atoms with E-state index in [4.69, 9.17) is 17.3 Å². The molecule has 5 heteroatoms. The molecule has 0 fully saturated rings. The van der Waals surface area contributed by atoms with E-state index in [-0.39, 0.29) is 11.1 Å². The molecule has 0 unspecified atom stereocenters. The van der Waals surface area contributed by atoms with Gasteiger partial charge in [0.15, 0.2) is 5.78 Å². The Morgan fingerprint density at radius 2 is 1.69 bits per heavy atom. The highest BCUT2D eigenvalue weighted by Crippen LogP contribution is 2.14. The predicted molar refractivity (Wildman–Crippen MR) is 59.6 cm³/mol. The third kappa shape index (κ3) is 2.46. The zero-order valence-corrected chi connectivity index (χ0v) is 9.32. The smallest absolute Gasteiger partial charge is 0.289 e. The van der Waals surface area contributed by atoms with Gasteiger partial charge in [0.1, 0.15) is 0 Å². The van der Waals surface area contributed by atoms with Gasteiger partial charge < -0.3 is 5.73 Å². The molecule has 0 heterocycles. The summed E-state index contributed by atoms with van der Waals surface area (Å²) in [5.74, 6) is -2.39. The standard InChI is InChI=1S/C11H10ClNO3/c1-6(12)9(14)7-4-2-3-5-8(7)10(15)11(13)16/h2-6H,1H3,(H2,13,16)/t6-/m1/s1. The van der Waals surface area contributed by atoms with Crippen LogP contribution in [0.3, 0.4) is 0 Å². The van der Waals surface area contributed by atoms with Crippen molar-refractivity contribution in [3.05, 3.63) is 35.4 Å². The Hall–Kier alpha value is -1.68. The fraction of sp³-hybridized carbons (Fsp3) is 0.182. The maximum absolute atomic E-state index is 11.7. The molecule has 0 radical (unpaired) electrons. The average Bonchev–Trinajstić information content (AvgIpc) is 2.26. The molecule has 0 spiro atoms. The number of carbonyl (C=O) groups excluding carboxylic acids is 3. The van der Waals surface area contributed by atoms with Crippen molar-refractivity contribution < 1.29 is 14.4 Å². The molecular formula is C11H10ClNO3. The van der Waals surface area contributed by atoms with E-state index in [0.29, 0.717) is 0 Å². The zero-order chi connectivity index (χ0) is 12.3. The largest absolute Gasteiger partial charge is 0.363 e. The second kappa shape index (κ2) is 4.90. The molecule has 0 bridgehead atoms. The van der Waals surface area contributed by atoms with E-state index >= 15 is 0 Å². The van der Waals surface area contributed by atoms with Crippen molar-refractivity contribution in [1.82, 2.24) is 0 Å². The summed E-state index contributed by atoms with van der Waals surface area (Å²) in [6.07, 6.45) is 0. The van der Waals surface area contributed by atoms with Gasteiger partial charge in [-0.3, -0.25) is 14.4 Å². The SMILES string of the molecule is C[C@@H](Cl)C(=O)c1ccccc1C(=O)C(N)=O. The van der Waals surface area contributed by atoms with Gasteiger partial charge in [0.05, 0.1) is 5.38 Å².